The Morgan fingerprint density at radius 2 is 1.75 bits per heavy atom. The second kappa shape index (κ2) is 13.1. The molecule has 0 aliphatic carbocycles. The summed E-state index contributed by atoms with van der Waals surface area (Å²) in [6, 6.07) is 19.0. The number of piperidine rings is 2. The second-order valence-corrected chi connectivity index (χ2v) is 11.5. The second-order valence-electron chi connectivity index (χ2n) is 11.5. The molecule has 2 fully saturated rings. The number of benzene rings is 2. The minimum absolute atomic E-state index is 0.0187. The molecule has 2 aromatic carbocycles. The first-order valence-electron chi connectivity index (χ1n) is 14.5. The summed E-state index contributed by atoms with van der Waals surface area (Å²) in [7, 11) is 1.97. The van der Waals surface area contributed by atoms with Gasteiger partial charge in [-0.3, -0.25) is 19.3 Å². The number of ether oxygens (including phenoxy) is 1. The Morgan fingerprint density at radius 1 is 1.10 bits per heavy atom. The first-order chi connectivity index (χ1) is 19.2. The van der Waals surface area contributed by atoms with Crippen molar-refractivity contribution in [2.24, 2.45) is 11.1 Å². The van der Waals surface area contributed by atoms with E-state index in [4.69, 9.17) is 10.5 Å². The van der Waals surface area contributed by atoms with Crippen LogP contribution in [0.1, 0.15) is 56.6 Å². The molecule has 4 rings (SSSR count). The first kappa shape index (κ1) is 29.9. The number of nitrogens with two attached hydrogens (primary N) is 1. The Bertz CT molecular complexity index is 1150. The van der Waals surface area contributed by atoms with E-state index < -0.39 is 17.0 Å². The molecule has 2 aliphatic heterocycles. The predicted molar refractivity (Wildman–Crippen MR) is 155 cm³/mol. The maximum Gasteiger partial charge on any atom is 0.247 e. The third kappa shape index (κ3) is 6.45. The largest absolute Gasteiger partial charge is 0.374 e. The van der Waals surface area contributed by atoms with Crippen molar-refractivity contribution in [3.05, 3.63) is 71.8 Å². The van der Waals surface area contributed by atoms with Crippen molar-refractivity contribution in [2.75, 3.05) is 39.8 Å². The lowest BCUT2D eigenvalue weighted by Crippen LogP contribution is -2.63. The van der Waals surface area contributed by atoms with Gasteiger partial charge in [-0.15, -0.1) is 0 Å². The van der Waals surface area contributed by atoms with Gasteiger partial charge in [-0.2, -0.15) is 0 Å². The van der Waals surface area contributed by atoms with Crippen LogP contribution in [0.25, 0.3) is 0 Å². The van der Waals surface area contributed by atoms with E-state index in [0.717, 1.165) is 30.5 Å². The molecule has 8 heteroatoms. The van der Waals surface area contributed by atoms with Gasteiger partial charge in [-0.25, -0.2) is 0 Å². The zero-order valence-electron chi connectivity index (χ0n) is 24.1. The van der Waals surface area contributed by atoms with E-state index in [1.807, 2.05) is 69.4 Å². The number of carbonyl (C=O) groups excluding carboxylic acids is 3. The quantitative estimate of drug-likeness (QED) is 0.473. The van der Waals surface area contributed by atoms with Gasteiger partial charge >= 0.3 is 0 Å². The molecule has 3 unspecified atom stereocenters. The zero-order valence-corrected chi connectivity index (χ0v) is 24.1. The summed E-state index contributed by atoms with van der Waals surface area (Å²) in [5.41, 5.74) is 6.76. The SMILES string of the molecule is CCC(N)(CC)C(=O)NC(COCc1ccccc1)C(=O)N1CCCC2(C1)C(=O)CN(C)CC2c1ccccc1. The Kier molecular flexibility index (Phi) is 9.77. The summed E-state index contributed by atoms with van der Waals surface area (Å²) >= 11 is 0. The number of rotatable bonds is 10. The maximum absolute atomic E-state index is 14.1. The summed E-state index contributed by atoms with van der Waals surface area (Å²) in [6.07, 6.45) is 2.37. The Labute approximate surface area is 238 Å². The molecule has 1 spiro atoms. The van der Waals surface area contributed by atoms with Gasteiger partial charge in [0.25, 0.3) is 0 Å². The minimum Gasteiger partial charge on any atom is -0.374 e. The van der Waals surface area contributed by atoms with Gasteiger partial charge in [0.05, 0.1) is 30.7 Å². The normalized spacial score (nSPS) is 22.8. The average molecular weight is 549 g/mol. The van der Waals surface area contributed by atoms with Gasteiger partial charge in [-0.1, -0.05) is 74.5 Å². The Hall–Kier alpha value is -3.07. The van der Waals surface area contributed by atoms with Crippen LogP contribution >= 0.6 is 0 Å². The number of amides is 2. The van der Waals surface area contributed by atoms with Crippen LogP contribution < -0.4 is 11.1 Å². The maximum atomic E-state index is 14.1. The van der Waals surface area contributed by atoms with E-state index in [-0.39, 0.29) is 30.1 Å². The van der Waals surface area contributed by atoms with Gasteiger partial charge in [0, 0.05) is 25.6 Å². The lowest BCUT2D eigenvalue weighted by atomic mass is 9.62. The van der Waals surface area contributed by atoms with Gasteiger partial charge < -0.3 is 20.7 Å². The number of Topliss-reactive ketones (excluding diaryl/α,β-unsaturated/α-hetero) is 1. The molecule has 216 valence electrons. The van der Waals surface area contributed by atoms with E-state index in [1.165, 1.54) is 0 Å². The van der Waals surface area contributed by atoms with Crippen LogP contribution in [0.4, 0.5) is 0 Å². The number of ketones is 1. The van der Waals surface area contributed by atoms with Crippen LogP contribution in [-0.2, 0) is 25.7 Å². The van der Waals surface area contributed by atoms with Gasteiger partial charge in [0.15, 0.2) is 5.78 Å². The molecule has 2 aliphatic rings. The van der Waals surface area contributed by atoms with Crippen molar-refractivity contribution in [2.45, 2.75) is 63.6 Å². The molecule has 3 atom stereocenters. The lowest BCUT2D eigenvalue weighted by molar-refractivity contribution is -0.149. The molecule has 2 aromatic rings. The van der Waals surface area contributed by atoms with Gasteiger partial charge in [0.2, 0.25) is 11.8 Å². The van der Waals surface area contributed by atoms with Crippen molar-refractivity contribution in [3.8, 4) is 0 Å². The summed E-state index contributed by atoms with van der Waals surface area (Å²) in [5, 5.41) is 2.92. The first-order valence-corrected chi connectivity index (χ1v) is 14.5. The van der Waals surface area contributed by atoms with Crippen LogP contribution in [0.5, 0.6) is 0 Å². The van der Waals surface area contributed by atoms with Crippen molar-refractivity contribution in [3.63, 3.8) is 0 Å². The number of nitrogens with one attached hydrogen (secondary N) is 1. The Morgan fingerprint density at radius 3 is 2.40 bits per heavy atom. The number of likely N-dealkylation sites (tertiary alicyclic amines) is 2. The van der Waals surface area contributed by atoms with Gasteiger partial charge in [-0.05, 0) is 43.9 Å². The summed E-state index contributed by atoms with van der Waals surface area (Å²) < 4.78 is 5.96. The topological polar surface area (TPSA) is 105 Å². The van der Waals surface area contributed by atoms with Crippen molar-refractivity contribution in [1.82, 2.24) is 15.1 Å². The summed E-state index contributed by atoms with van der Waals surface area (Å²) in [5.74, 6) is -0.432. The van der Waals surface area contributed by atoms with Crippen LogP contribution in [0, 0.1) is 5.41 Å². The van der Waals surface area contributed by atoms with E-state index in [1.54, 1.807) is 4.90 Å². The third-order valence-corrected chi connectivity index (χ3v) is 8.88. The summed E-state index contributed by atoms with van der Waals surface area (Å²) in [6.45, 7) is 6.07. The highest BCUT2D eigenvalue weighted by molar-refractivity contribution is 5.93. The number of nitrogens with zero attached hydrogens (tertiary/aromatic N) is 2. The van der Waals surface area contributed by atoms with Crippen molar-refractivity contribution >= 4 is 17.6 Å². The number of carbonyl (C=O) groups is 3. The molecular weight excluding hydrogens is 504 g/mol. The molecule has 40 heavy (non-hydrogen) atoms. The number of hydrogen-bond acceptors (Lipinski definition) is 6. The van der Waals surface area contributed by atoms with Gasteiger partial charge in [0.1, 0.15) is 6.04 Å². The fraction of sp³-hybridized carbons (Fsp3) is 0.531. The number of hydrogen-bond donors (Lipinski definition) is 2. The van der Waals surface area contributed by atoms with E-state index in [9.17, 15) is 14.4 Å². The highest BCUT2D eigenvalue weighted by atomic mass is 16.5. The summed E-state index contributed by atoms with van der Waals surface area (Å²) in [4.78, 5) is 44.9. The lowest BCUT2D eigenvalue weighted by Gasteiger charge is -2.51. The van der Waals surface area contributed by atoms with Crippen LogP contribution in [0.3, 0.4) is 0 Å². The van der Waals surface area contributed by atoms with Crippen molar-refractivity contribution in [1.29, 1.82) is 0 Å². The molecule has 3 N–H and O–H groups in total. The highest BCUT2D eigenvalue weighted by Crippen LogP contribution is 2.46. The molecule has 2 amide bonds. The molecule has 0 saturated carbocycles. The van der Waals surface area contributed by atoms with Crippen molar-refractivity contribution < 1.29 is 19.1 Å². The fourth-order valence-electron chi connectivity index (χ4n) is 6.18. The average Bonchev–Trinajstić information content (AvgIpc) is 2.98. The zero-order chi connectivity index (χ0) is 28.8. The monoisotopic (exact) mass is 548 g/mol. The molecule has 8 nitrogen and oxygen atoms in total. The molecule has 2 saturated heterocycles. The van der Waals surface area contributed by atoms with E-state index in [2.05, 4.69) is 22.3 Å². The molecule has 0 bridgehead atoms. The highest BCUT2D eigenvalue weighted by Gasteiger charge is 2.52. The van der Waals surface area contributed by atoms with Crippen LogP contribution in [0.15, 0.2) is 60.7 Å². The predicted octanol–water partition coefficient (Wildman–Crippen LogP) is 3.11. The van der Waals surface area contributed by atoms with Crippen LogP contribution in [-0.4, -0.2) is 78.8 Å². The third-order valence-electron chi connectivity index (χ3n) is 8.88. The Balaban J connectivity index is 1.57. The molecule has 2 heterocycles. The smallest absolute Gasteiger partial charge is 0.247 e. The molecular formula is C32H44N4O4. The number of likely N-dealkylation sites (N-methyl/N-ethyl adjacent to an activating group) is 1. The molecule has 0 aromatic heterocycles. The minimum atomic E-state index is -1.07. The van der Waals surface area contributed by atoms with E-state index in [0.29, 0.717) is 39.1 Å². The standard InChI is InChI=1S/C32H44N4O4/c1-4-32(33,5-2)30(39)34-27(22-40-21-24-13-8-6-9-14-24)29(38)36-18-12-17-31(23-36)26(19-35(3)20-28(31)37)25-15-10-7-11-16-25/h6-11,13-16,26-27H,4-5,12,17-23,33H2,1-3H3,(H,34,39). The van der Waals surface area contributed by atoms with E-state index >= 15 is 0 Å². The van der Waals surface area contributed by atoms with Crippen LogP contribution in [0.2, 0.25) is 0 Å². The molecule has 0 radical (unpaired) electrons. The fourth-order valence-corrected chi connectivity index (χ4v) is 6.18.